The van der Waals surface area contributed by atoms with E-state index in [1.165, 1.54) is 12.8 Å². The molecule has 0 atom stereocenters. The molecule has 0 fully saturated rings. The molecule has 0 saturated heterocycles. The highest BCUT2D eigenvalue weighted by molar-refractivity contribution is 5.67. The number of hydrogen-bond acceptors (Lipinski definition) is 3. The first-order valence-electron chi connectivity index (χ1n) is 4.26. The van der Waals surface area contributed by atoms with Gasteiger partial charge in [0.05, 0.1) is 5.69 Å². The van der Waals surface area contributed by atoms with Gasteiger partial charge in [0.25, 0.3) is 5.89 Å². The van der Waals surface area contributed by atoms with Crippen LogP contribution in [0, 0.1) is 0 Å². The summed E-state index contributed by atoms with van der Waals surface area (Å²) >= 11 is 0. The number of hydrogen-bond donors (Lipinski definition) is 0. The molecule has 0 bridgehead atoms. The molecule has 1 heterocycles. The molecule has 0 N–H and O–H groups in total. The largest absolute Gasteiger partial charge is 0.442 e. The minimum Gasteiger partial charge on any atom is -0.442 e. The smallest absolute Gasteiger partial charge is 0.259 e. The molecule has 1 aromatic heterocycles. The van der Waals surface area contributed by atoms with Crippen molar-refractivity contribution in [2.45, 2.75) is 32.6 Å². The van der Waals surface area contributed by atoms with E-state index in [0.717, 1.165) is 18.5 Å². The summed E-state index contributed by atoms with van der Waals surface area (Å²) in [7, 11) is 0. The predicted octanol–water partition coefficient (Wildman–Crippen LogP) is 2.22. The summed E-state index contributed by atoms with van der Waals surface area (Å²) in [6, 6.07) is 0. The number of unbranched alkanes of at least 4 members (excludes halogenated alkanes) is 2. The third-order valence-corrected chi connectivity index (χ3v) is 1.71. The molecule has 1 aromatic rings. The fourth-order valence-electron chi connectivity index (χ4n) is 1.05. The Morgan fingerprint density at radius 3 is 3.00 bits per heavy atom. The van der Waals surface area contributed by atoms with Crippen molar-refractivity contribution in [2.75, 3.05) is 0 Å². The summed E-state index contributed by atoms with van der Waals surface area (Å²) in [5.41, 5.74) is 0.880. The van der Waals surface area contributed by atoms with Crippen LogP contribution in [0.15, 0.2) is 10.7 Å². The van der Waals surface area contributed by atoms with E-state index >= 15 is 0 Å². The molecule has 0 saturated carbocycles. The van der Waals surface area contributed by atoms with E-state index in [1.54, 1.807) is 6.26 Å². The van der Waals surface area contributed by atoms with Crippen LogP contribution in [0.1, 0.15) is 42.6 Å². The molecule has 0 amide bonds. The van der Waals surface area contributed by atoms with Gasteiger partial charge < -0.3 is 4.42 Å². The van der Waals surface area contributed by atoms with Crippen molar-refractivity contribution in [3.63, 3.8) is 0 Å². The molecular formula is C9H13NO2. The average molecular weight is 167 g/mol. The van der Waals surface area contributed by atoms with Crippen molar-refractivity contribution in [3.05, 3.63) is 17.8 Å². The van der Waals surface area contributed by atoms with Crippen molar-refractivity contribution in [1.82, 2.24) is 4.98 Å². The zero-order valence-corrected chi connectivity index (χ0v) is 7.25. The third-order valence-electron chi connectivity index (χ3n) is 1.71. The van der Waals surface area contributed by atoms with Crippen LogP contribution in [-0.4, -0.2) is 11.3 Å². The van der Waals surface area contributed by atoms with Crippen LogP contribution in [0.3, 0.4) is 0 Å². The molecule has 0 radical (unpaired) electrons. The van der Waals surface area contributed by atoms with Gasteiger partial charge in [0.1, 0.15) is 6.26 Å². The summed E-state index contributed by atoms with van der Waals surface area (Å²) < 4.78 is 4.87. The SMILES string of the molecule is CCCCCc1coc(C=O)n1. The van der Waals surface area contributed by atoms with E-state index < -0.39 is 0 Å². The lowest BCUT2D eigenvalue weighted by atomic mass is 10.2. The highest BCUT2D eigenvalue weighted by Crippen LogP contribution is 2.05. The standard InChI is InChI=1S/C9H13NO2/c1-2-3-4-5-8-7-12-9(6-11)10-8/h6-7H,2-5H2,1H3. The lowest BCUT2D eigenvalue weighted by molar-refractivity contribution is 0.109. The second-order valence-electron chi connectivity index (χ2n) is 2.75. The van der Waals surface area contributed by atoms with E-state index in [2.05, 4.69) is 11.9 Å². The number of carbonyl (C=O) groups excluding carboxylic acids is 1. The Balaban J connectivity index is 2.36. The minimum atomic E-state index is 0.182. The molecular weight excluding hydrogens is 154 g/mol. The molecule has 3 nitrogen and oxygen atoms in total. The Morgan fingerprint density at radius 2 is 2.42 bits per heavy atom. The van der Waals surface area contributed by atoms with Crippen LogP contribution >= 0.6 is 0 Å². The number of nitrogens with zero attached hydrogens (tertiary/aromatic N) is 1. The topological polar surface area (TPSA) is 43.1 Å². The first-order valence-corrected chi connectivity index (χ1v) is 4.26. The van der Waals surface area contributed by atoms with Crippen LogP contribution in [0.25, 0.3) is 0 Å². The molecule has 12 heavy (non-hydrogen) atoms. The van der Waals surface area contributed by atoms with E-state index in [1.807, 2.05) is 0 Å². The monoisotopic (exact) mass is 167 g/mol. The molecule has 0 spiro atoms. The van der Waals surface area contributed by atoms with Gasteiger partial charge in [0, 0.05) is 0 Å². The van der Waals surface area contributed by atoms with E-state index in [4.69, 9.17) is 4.42 Å². The van der Waals surface area contributed by atoms with Crippen molar-refractivity contribution in [2.24, 2.45) is 0 Å². The fourth-order valence-corrected chi connectivity index (χ4v) is 1.05. The van der Waals surface area contributed by atoms with Crippen LogP contribution in [-0.2, 0) is 6.42 Å². The first-order chi connectivity index (χ1) is 5.86. The van der Waals surface area contributed by atoms with Crippen LogP contribution in [0.4, 0.5) is 0 Å². The van der Waals surface area contributed by atoms with E-state index in [-0.39, 0.29) is 5.89 Å². The van der Waals surface area contributed by atoms with Gasteiger partial charge in [-0.1, -0.05) is 19.8 Å². The summed E-state index contributed by atoms with van der Waals surface area (Å²) in [5.74, 6) is 0.182. The zero-order chi connectivity index (χ0) is 8.81. The summed E-state index contributed by atoms with van der Waals surface area (Å²) in [4.78, 5) is 14.2. The first kappa shape index (κ1) is 8.97. The van der Waals surface area contributed by atoms with Gasteiger partial charge in [-0.2, -0.15) is 0 Å². The number of aldehydes is 1. The number of aryl methyl sites for hydroxylation is 1. The fraction of sp³-hybridized carbons (Fsp3) is 0.556. The second kappa shape index (κ2) is 4.70. The normalized spacial score (nSPS) is 10.1. The van der Waals surface area contributed by atoms with Crippen LogP contribution in [0.5, 0.6) is 0 Å². The van der Waals surface area contributed by atoms with Crippen LogP contribution in [0.2, 0.25) is 0 Å². The maximum absolute atomic E-state index is 10.2. The highest BCUT2D eigenvalue weighted by atomic mass is 16.3. The second-order valence-corrected chi connectivity index (χ2v) is 2.75. The van der Waals surface area contributed by atoms with Crippen molar-refractivity contribution in [1.29, 1.82) is 0 Å². The van der Waals surface area contributed by atoms with Crippen molar-refractivity contribution in [3.8, 4) is 0 Å². The Bertz CT molecular complexity index is 242. The lowest BCUT2D eigenvalue weighted by Gasteiger charge is -1.92. The summed E-state index contributed by atoms with van der Waals surface area (Å²) in [5, 5.41) is 0. The third kappa shape index (κ3) is 2.49. The number of aromatic nitrogens is 1. The molecule has 0 unspecified atom stereocenters. The van der Waals surface area contributed by atoms with Crippen LogP contribution < -0.4 is 0 Å². The molecule has 0 aromatic carbocycles. The maximum atomic E-state index is 10.2. The van der Waals surface area contributed by atoms with E-state index in [0.29, 0.717) is 6.29 Å². The molecule has 66 valence electrons. The quantitative estimate of drug-likeness (QED) is 0.499. The van der Waals surface area contributed by atoms with Gasteiger partial charge in [-0.25, -0.2) is 4.98 Å². The lowest BCUT2D eigenvalue weighted by Crippen LogP contribution is -1.86. The Morgan fingerprint density at radius 1 is 1.58 bits per heavy atom. The zero-order valence-electron chi connectivity index (χ0n) is 7.25. The van der Waals surface area contributed by atoms with Gasteiger partial charge in [-0.3, -0.25) is 4.79 Å². The van der Waals surface area contributed by atoms with Crippen molar-refractivity contribution < 1.29 is 9.21 Å². The number of rotatable bonds is 5. The summed E-state index contributed by atoms with van der Waals surface area (Å²) in [6.07, 6.45) is 6.59. The van der Waals surface area contributed by atoms with E-state index in [9.17, 15) is 4.79 Å². The Kier molecular flexibility index (Phi) is 3.51. The van der Waals surface area contributed by atoms with Gasteiger partial charge >= 0.3 is 0 Å². The average Bonchev–Trinajstić information content (AvgIpc) is 2.53. The number of oxazole rings is 1. The minimum absolute atomic E-state index is 0.182. The molecule has 0 aliphatic carbocycles. The molecule has 0 aliphatic rings. The molecule has 3 heteroatoms. The Hall–Kier alpha value is -1.12. The van der Waals surface area contributed by atoms with Crippen molar-refractivity contribution >= 4 is 6.29 Å². The van der Waals surface area contributed by atoms with Gasteiger partial charge in [0.2, 0.25) is 6.29 Å². The van der Waals surface area contributed by atoms with Gasteiger partial charge in [-0.05, 0) is 12.8 Å². The van der Waals surface area contributed by atoms with Gasteiger partial charge in [0.15, 0.2) is 0 Å². The maximum Gasteiger partial charge on any atom is 0.259 e. The highest BCUT2D eigenvalue weighted by Gasteiger charge is 2.00. The Labute approximate surface area is 71.8 Å². The predicted molar refractivity (Wildman–Crippen MR) is 45.1 cm³/mol. The number of carbonyl (C=O) groups is 1. The molecule has 1 rings (SSSR count). The van der Waals surface area contributed by atoms with Gasteiger partial charge in [-0.15, -0.1) is 0 Å². The molecule has 0 aliphatic heterocycles. The summed E-state index contributed by atoms with van der Waals surface area (Å²) in [6.45, 7) is 2.15.